The van der Waals surface area contributed by atoms with Crippen molar-refractivity contribution in [3.63, 3.8) is 0 Å². The summed E-state index contributed by atoms with van der Waals surface area (Å²) in [4.78, 5) is 33.6. The van der Waals surface area contributed by atoms with Gasteiger partial charge in [-0.1, -0.05) is 93.7 Å². The summed E-state index contributed by atoms with van der Waals surface area (Å²) in [5.41, 5.74) is 3.97. The summed E-state index contributed by atoms with van der Waals surface area (Å²) in [7, 11) is 1.92. The summed E-state index contributed by atoms with van der Waals surface area (Å²) >= 11 is 1.75. The van der Waals surface area contributed by atoms with Crippen LogP contribution in [0, 0.1) is 11.8 Å². The minimum absolute atomic E-state index is 0.0197. The Labute approximate surface area is 310 Å². The highest BCUT2D eigenvalue weighted by atomic mass is 32.1. The predicted octanol–water partition coefficient (Wildman–Crippen LogP) is 11.2. The van der Waals surface area contributed by atoms with Gasteiger partial charge >= 0.3 is 11.9 Å². The number of benzene rings is 2. The summed E-state index contributed by atoms with van der Waals surface area (Å²) < 4.78 is 11.9. The predicted molar refractivity (Wildman–Crippen MR) is 209 cm³/mol. The third-order valence-electron chi connectivity index (χ3n) is 11.3. The maximum Gasteiger partial charge on any atom is 0.335 e. The van der Waals surface area contributed by atoms with Crippen molar-refractivity contribution in [2.24, 2.45) is 11.8 Å². The second-order valence-electron chi connectivity index (χ2n) is 15.8. The minimum Gasteiger partial charge on any atom is -0.478 e. The number of aromatic nitrogens is 1. The van der Waals surface area contributed by atoms with Gasteiger partial charge in [-0.2, -0.15) is 0 Å². The van der Waals surface area contributed by atoms with Gasteiger partial charge in [0.1, 0.15) is 5.60 Å². The number of ether oxygens (including phenoxy) is 2. The van der Waals surface area contributed by atoms with Crippen LogP contribution in [-0.4, -0.2) is 53.4 Å². The number of aromatic carboxylic acids is 1. The maximum atomic E-state index is 12.8. The van der Waals surface area contributed by atoms with Crippen LogP contribution in [0.25, 0.3) is 21.6 Å². The average Bonchev–Trinajstić information content (AvgIpc) is 3.63. The summed E-state index contributed by atoms with van der Waals surface area (Å²) in [5.74, 6) is -0.408. The van der Waals surface area contributed by atoms with E-state index in [4.69, 9.17) is 14.5 Å². The zero-order valence-corrected chi connectivity index (χ0v) is 32.7. The van der Waals surface area contributed by atoms with Crippen LogP contribution in [0.2, 0.25) is 0 Å². The number of rotatable bonds is 15. The molecule has 2 fully saturated rings. The number of carbonyl (C=O) groups excluding carboxylic acids is 1. The molecule has 1 N–H and O–H groups in total. The lowest BCUT2D eigenvalue weighted by atomic mass is 9.72. The standard InChI is InChI=1S/C43H60N2O5S/c1-7-13-32(15-12-14-30(8-2)40(48)50-42(3,4)5)37-28-34(22-23-36(37)39(46)47)31-18-20-33(21-19-31)38-29-44-41(51-38)45-26-24-43(49-6,25-27-45)35-16-10-9-11-17-35/h18-23,28-30,32,35H,7-17,24-27H2,1-6H3,(H,46,47). The molecular formula is C43H60N2O5S. The summed E-state index contributed by atoms with van der Waals surface area (Å²) in [5, 5.41) is 11.2. The van der Waals surface area contributed by atoms with E-state index in [1.54, 1.807) is 17.4 Å². The molecule has 1 aromatic heterocycles. The van der Waals surface area contributed by atoms with Crippen molar-refractivity contribution in [1.82, 2.24) is 4.98 Å². The first-order valence-electron chi connectivity index (χ1n) is 19.4. The molecule has 2 atom stereocenters. The Bertz CT molecular complexity index is 1580. The lowest BCUT2D eigenvalue weighted by Crippen LogP contribution is -2.50. The monoisotopic (exact) mass is 716 g/mol. The summed E-state index contributed by atoms with van der Waals surface area (Å²) in [6.45, 7) is 11.8. The first-order valence-corrected chi connectivity index (χ1v) is 20.3. The van der Waals surface area contributed by atoms with E-state index >= 15 is 0 Å². The summed E-state index contributed by atoms with van der Waals surface area (Å²) in [6, 6.07) is 14.3. The van der Waals surface area contributed by atoms with E-state index in [1.165, 1.54) is 32.1 Å². The van der Waals surface area contributed by atoms with Gasteiger partial charge in [0, 0.05) is 26.4 Å². The topological polar surface area (TPSA) is 89.0 Å². The molecule has 1 saturated heterocycles. The van der Waals surface area contributed by atoms with Crippen molar-refractivity contribution in [1.29, 1.82) is 0 Å². The number of anilines is 1. The van der Waals surface area contributed by atoms with Gasteiger partial charge in [-0.25, -0.2) is 9.78 Å². The number of methoxy groups -OCH3 is 1. The lowest BCUT2D eigenvalue weighted by molar-refractivity contribution is -0.160. The Morgan fingerprint density at radius 3 is 2.24 bits per heavy atom. The van der Waals surface area contributed by atoms with Gasteiger partial charge in [0.2, 0.25) is 0 Å². The molecule has 278 valence electrons. The molecule has 51 heavy (non-hydrogen) atoms. The number of carboxylic acids is 1. The molecule has 1 aliphatic heterocycles. The molecule has 1 saturated carbocycles. The van der Waals surface area contributed by atoms with Gasteiger partial charge in [0.25, 0.3) is 0 Å². The highest BCUT2D eigenvalue weighted by Crippen LogP contribution is 2.43. The summed E-state index contributed by atoms with van der Waals surface area (Å²) in [6.07, 6.45) is 15.7. The highest BCUT2D eigenvalue weighted by molar-refractivity contribution is 7.18. The van der Waals surface area contributed by atoms with Crippen LogP contribution < -0.4 is 4.90 Å². The van der Waals surface area contributed by atoms with Crippen LogP contribution in [0.3, 0.4) is 0 Å². The van der Waals surface area contributed by atoms with Crippen LogP contribution in [0.15, 0.2) is 48.7 Å². The molecule has 1 aliphatic carbocycles. The lowest BCUT2D eigenvalue weighted by Gasteiger charge is -2.47. The Morgan fingerprint density at radius 1 is 0.961 bits per heavy atom. The molecule has 2 aliphatic rings. The third-order valence-corrected chi connectivity index (χ3v) is 12.4. The number of carboxylic acid groups (broad SMARTS) is 1. The number of thiazole rings is 1. The molecule has 2 heterocycles. The minimum atomic E-state index is -0.898. The van der Waals surface area contributed by atoms with Gasteiger partial charge < -0.3 is 19.5 Å². The van der Waals surface area contributed by atoms with Crippen molar-refractivity contribution >= 4 is 28.4 Å². The number of esters is 1. The largest absolute Gasteiger partial charge is 0.478 e. The molecule has 0 bridgehead atoms. The molecule has 7 nitrogen and oxygen atoms in total. The van der Waals surface area contributed by atoms with Crippen LogP contribution in [0.4, 0.5) is 5.13 Å². The van der Waals surface area contributed by atoms with Gasteiger partial charge in [0.05, 0.1) is 22.0 Å². The zero-order chi connectivity index (χ0) is 36.6. The quantitative estimate of drug-likeness (QED) is 0.157. The molecule has 0 spiro atoms. The van der Waals surface area contributed by atoms with Gasteiger partial charge in [-0.15, -0.1) is 0 Å². The fourth-order valence-corrected chi connectivity index (χ4v) is 9.39. The Balaban J connectivity index is 1.26. The van der Waals surface area contributed by atoms with E-state index in [9.17, 15) is 14.7 Å². The van der Waals surface area contributed by atoms with E-state index in [0.717, 1.165) is 96.7 Å². The van der Waals surface area contributed by atoms with Crippen molar-refractivity contribution in [2.75, 3.05) is 25.1 Å². The van der Waals surface area contributed by atoms with Crippen LogP contribution in [-0.2, 0) is 14.3 Å². The average molecular weight is 717 g/mol. The molecule has 0 radical (unpaired) electrons. The molecular weight excluding hydrogens is 657 g/mol. The fraction of sp³-hybridized carbons (Fsp3) is 0.605. The molecule has 2 unspecified atom stereocenters. The third kappa shape index (κ3) is 9.81. The Hall–Kier alpha value is -3.23. The Kier molecular flexibility index (Phi) is 13.4. The van der Waals surface area contributed by atoms with Crippen molar-refractivity contribution in [3.8, 4) is 21.6 Å². The SMILES string of the molecule is CCCC(CCCC(CC)C(=O)OC(C)(C)C)c1cc(-c2ccc(-c3cnc(N4CCC(OC)(C5CCCCC5)CC4)s3)cc2)ccc1C(=O)O. The van der Waals surface area contributed by atoms with Crippen LogP contribution in [0.5, 0.6) is 0 Å². The van der Waals surface area contributed by atoms with E-state index in [2.05, 4.69) is 42.2 Å². The first-order chi connectivity index (χ1) is 24.5. The van der Waals surface area contributed by atoms with E-state index < -0.39 is 11.6 Å². The number of hydrogen-bond donors (Lipinski definition) is 1. The molecule has 8 heteroatoms. The number of nitrogens with zero attached hydrogens (tertiary/aromatic N) is 2. The molecule has 3 aromatic rings. The molecule has 0 amide bonds. The van der Waals surface area contributed by atoms with Gasteiger partial charge in [-0.3, -0.25) is 4.79 Å². The van der Waals surface area contributed by atoms with Crippen molar-refractivity contribution in [3.05, 3.63) is 59.8 Å². The zero-order valence-electron chi connectivity index (χ0n) is 31.8. The maximum absolute atomic E-state index is 12.8. The smallest absolute Gasteiger partial charge is 0.335 e. The van der Waals surface area contributed by atoms with E-state index in [0.29, 0.717) is 11.5 Å². The number of carbonyl (C=O) groups is 2. The highest BCUT2D eigenvalue weighted by Gasteiger charge is 2.42. The first kappa shape index (κ1) is 39.0. The van der Waals surface area contributed by atoms with E-state index in [-0.39, 0.29) is 23.4 Å². The second-order valence-corrected chi connectivity index (χ2v) is 16.8. The second kappa shape index (κ2) is 17.5. The van der Waals surface area contributed by atoms with Crippen molar-refractivity contribution in [2.45, 2.75) is 135 Å². The van der Waals surface area contributed by atoms with E-state index in [1.807, 2.05) is 47.1 Å². The van der Waals surface area contributed by atoms with Crippen LogP contribution in [0.1, 0.15) is 140 Å². The number of hydrogen-bond acceptors (Lipinski definition) is 7. The van der Waals surface area contributed by atoms with Gasteiger partial charge in [-0.05, 0) is 112 Å². The van der Waals surface area contributed by atoms with Crippen LogP contribution >= 0.6 is 11.3 Å². The fourth-order valence-electron chi connectivity index (χ4n) is 8.42. The normalized spacial score (nSPS) is 18.0. The molecule has 5 rings (SSSR count). The van der Waals surface area contributed by atoms with Crippen molar-refractivity contribution < 1.29 is 24.2 Å². The number of piperidine rings is 1. The Morgan fingerprint density at radius 2 is 1.63 bits per heavy atom. The molecule has 2 aromatic carbocycles. The van der Waals surface area contributed by atoms with Gasteiger partial charge in [0.15, 0.2) is 5.13 Å².